The zero-order valence-corrected chi connectivity index (χ0v) is 15.1. The summed E-state index contributed by atoms with van der Waals surface area (Å²) < 4.78 is 13.2. The number of hydrogen-bond donors (Lipinski definition) is 0. The van der Waals surface area contributed by atoms with E-state index in [1.54, 1.807) is 17.8 Å². The minimum Gasteiger partial charge on any atom is -0.343 e. The molecule has 0 fully saturated rings. The van der Waals surface area contributed by atoms with E-state index in [2.05, 4.69) is 35.2 Å². The number of hydrogen-bond acceptors (Lipinski definition) is 2. The SMILES string of the molecule is C=CCN=C(SCC=C)N(Cc1ccccc1)Cc1ccc(F)cc1. The summed E-state index contributed by atoms with van der Waals surface area (Å²) in [6.07, 6.45) is 3.65. The molecular weight excluding hydrogens is 331 g/mol. The van der Waals surface area contributed by atoms with Crippen LogP contribution in [0.15, 0.2) is 84.9 Å². The van der Waals surface area contributed by atoms with E-state index in [1.807, 2.05) is 36.4 Å². The molecule has 0 heterocycles. The van der Waals surface area contributed by atoms with Crippen molar-refractivity contribution < 1.29 is 4.39 Å². The Labute approximate surface area is 153 Å². The molecule has 4 heteroatoms. The van der Waals surface area contributed by atoms with Gasteiger partial charge in [0.05, 0.1) is 6.54 Å². The van der Waals surface area contributed by atoms with Crippen molar-refractivity contribution in [1.29, 1.82) is 0 Å². The van der Waals surface area contributed by atoms with E-state index in [-0.39, 0.29) is 5.82 Å². The highest BCUT2D eigenvalue weighted by Gasteiger charge is 2.13. The van der Waals surface area contributed by atoms with Gasteiger partial charge < -0.3 is 4.90 Å². The predicted molar refractivity (Wildman–Crippen MR) is 107 cm³/mol. The molecule has 25 heavy (non-hydrogen) atoms. The average molecular weight is 354 g/mol. The first kappa shape index (κ1) is 19.0. The molecule has 0 aliphatic rings. The molecule has 0 bridgehead atoms. The summed E-state index contributed by atoms with van der Waals surface area (Å²) in [5, 5.41) is 0.938. The quantitative estimate of drug-likeness (QED) is 0.364. The van der Waals surface area contributed by atoms with Gasteiger partial charge in [0.15, 0.2) is 5.17 Å². The second-order valence-corrected chi connectivity index (χ2v) is 6.47. The highest BCUT2D eigenvalue weighted by Crippen LogP contribution is 2.18. The number of aliphatic imine (C=N–C) groups is 1. The molecule has 0 atom stereocenters. The minimum atomic E-state index is -0.222. The van der Waals surface area contributed by atoms with Crippen LogP contribution in [0.5, 0.6) is 0 Å². The van der Waals surface area contributed by atoms with Crippen molar-refractivity contribution in [3.05, 3.63) is 96.9 Å². The summed E-state index contributed by atoms with van der Waals surface area (Å²) >= 11 is 1.65. The predicted octanol–water partition coefficient (Wildman–Crippen LogP) is 5.29. The van der Waals surface area contributed by atoms with Crippen molar-refractivity contribution in [3.8, 4) is 0 Å². The third-order valence-electron chi connectivity index (χ3n) is 3.46. The fraction of sp³-hybridized carbons (Fsp3) is 0.190. The molecule has 0 saturated heterocycles. The van der Waals surface area contributed by atoms with Crippen molar-refractivity contribution in [2.75, 3.05) is 12.3 Å². The summed E-state index contributed by atoms with van der Waals surface area (Å²) in [5.41, 5.74) is 2.25. The molecule has 0 aromatic heterocycles. The third kappa shape index (κ3) is 6.59. The number of halogens is 1. The lowest BCUT2D eigenvalue weighted by atomic mass is 10.2. The first-order valence-corrected chi connectivity index (χ1v) is 9.14. The van der Waals surface area contributed by atoms with Gasteiger partial charge in [-0.25, -0.2) is 4.39 Å². The highest BCUT2D eigenvalue weighted by atomic mass is 32.2. The van der Waals surface area contributed by atoms with E-state index in [1.165, 1.54) is 17.7 Å². The Balaban J connectivity index is 2.25. The van der Waals surface area contributed by atoms with Crippen LogP contribution < -0.4 is 0 Å². The zero-order valence-electron chi connectivity index (χ0n) is 14.3. The molecule has 130 valence electrons. The number of amidine groups is 1. The van der Waals surface area contributed by atoms with Crippen molar-refractivity contribution in [2.24, 2.45) is 4.99 Å². The molecule has 0 radical (unpaired) electrons. The van der Waals surface area contributed by atoms with Crippen molar-refractivity contribution in [3.63, 3.8) is 0 Å². The molecule has 0 unspecified atom stereocenters. The maximum absolute atomic E-state index is 13.2. The first-order valence-electron chi connectivity index (χ1n) is 8.15. The fourth-order valence-corrected chi connectivity index (χ4v) is 3.06. The Kier molecular flexibility index (Phi) is 7.99. The van der Waals surface area contributed by atoms with Crippen molar-refractivity contribution >= 4 is 16.9 Å². The van der Waals surface area contributed by atoms with Crippen molar-refractivity contribution in [1.82, 2.24) is 4.90 Å². The molecule has 0 aliphatic heterocycles. The highest BCUT2D eigenvalue weighted by molar-refractivity contribution is 8.13. The van der Waals surface area contributed by atoms with Gasteiger partial charge in [-0.3, -0.25) is 4.99 Å². The fourth-order valence-electron chi connectivity index (χ4n) is 2.32. The van der Waals surface area contributed by atoms with Gasteiger partial charge in [0.2, 0.25) is 0 Å². The van der Waals surface area contributed by atoms with Gasteiger partial charge in [-0.1, -0.05) is 66.4 Å². The monoisotopic (exact) mass is 354 g/mol. The van der Waals surface area contributed by atoms with Crippen LogP contribution >= 0.6 is 11.8 Å². The van der Waals surface area contributed by atoms with Gasteiger partial charge >= 0.3 is 0 Å². The summed E-state index contributed by atoms with van der Waals surface area (Å²) in [7, 11) is 0. The lowest BCUT2D eigenvalue weighted by Gasteiger charge is -2.26. The van der Waals surface area contributed by atoms with E-state index in [4.69, 9.17) is 0 Å². The Morgan fingerprint density at radius 2 is 1.60 bits per heavy atom. The molecule has 0 saturated carbocycles. The summed E-state index contributed by atoms with van der Waals surface area (Å²) in [6, 6.07) is 16.9. The van der Waals surface area contributed by atoms with Gasteiger partial charge in [-0.2, -0.15) is 0 Å². The third-order valence-corrected chi connectivity index (χ3v) is 4.51. The Hall–Kier alpha value is -2.33. The van der Waals surface area contributed by atoms with Crippen LogP contribution in [0.3, 0.4) is 0 Å². The number of nitrogens with zero attached hydrogens (tertiary/aromatic N) is 2. The maximum atomic E-state index is 13.2. The minimum absolute atomic E-state index is 0.222. The largest absolute Gasteiger partial charge is 0.343 e. The van der Waals surface area contributed by atoms with Crippen LogP contribution in [-0.2, 0) is 13.1 Å². The van der Waals surface area contributed by atoms with Gasteiger partial charge in [0.25, 0.3) is 0 Å². The average Bonchev–Trinajstić information content (AvgIpc) is 2.64. The molecule has 2 rings (SSSR count). The van der Waals surface area contributed by atoms with E-state index in [9.17, 15) is 4.39 Å². The second kappa shape index (κ2) is 10.5. The molecule has 2 aromatic carbocycles. The summed E-state index contributed by atoms with van der Waals surface area (Å²) in [4.78, 5) is 6.86. The van der Waals surface area contributed by atoms with Gasteiger partial charge in [0.1, 0.15) is 5.82 Å². The Morgan fingerprint density at radius 1 is 0.960 bits per heavy atom. The molecular formula is C21H23FN2S. The number of benzene rings is 2. The van der Waals surface area contributed by atoms with E-state index in [0.29, 0.717) is 13.1 Å². The molecule has 2 aromatic rings. The smallest absolute Gasteiger partial charge is 0.160 e. The molecule has 0 spiro atoms. The van der Waals surface area contributed by atoms with Gasteiger partial charge in [-0.15, -0.1) is 13.2 Å². The molecule has 0 amide bonds. The zero-order chi connectivity index (χ0) is 17.9. The standard InChI is InChI=1S/C21H23FN2S/c1-3-14-23-21(25-15-4-2)24(16-18-8-6-5-7-9-18)17-19-10-12-20(22)13-11-19/h3-13H,1-2,14-17H2. The van der Waals surface area contributed by atoms with Crippen LogP contribution in [-0.4, -0.2) is 22.4 Å². The molecule has 2 nitrogen and oxygen atoms in total. The Bertz CT molecular complexity index is 696. The normalized spacial score (nSPS) is 11.2. The summed E-state index contributed by atoms with van der Waals surface area (Å²) in [6.45, 7) is 9.51. The van der Waals surface area contributed by atoms with Crippen LogP contribution in [0.4, 0.5) is 4.39 Å². The van der Waals surface area contributed by atoms with Crippen LogP contribution in [0, 0.1) is 5.82 Å². The molecule has 0 N–H and O–H groups in total. The van der Waals surface area contributed by atoms with Crippen molar-refractivity contribution in [2.45, 2.75) is 13.1 Å². The van der Waals surface area contributed by atoms with E-state index in [0.717, 1.165) is 23.0 Å². The Morgan fingerprint density at radius 3 is 2.20 bits per heavy atom. The number of thioether (sulfide) groups is 1. The topological polar surface area (TPSA) is 15.6 Å². The summed E-state index contributed by atoms with van der Waals surface area (Å²) in [5.74, 6) is 0.560. The lowest BCUT2D eigenvalue weighted by Crippen LogP contribution is -2.28. The van der Waals surface area contributed by atoms with E-state index < -0.39 is 0 Å². The van der Waals surface area contributed by atoms with Gasteiger partial charge in [-0.05, 0) is 23.3 Å². The van der Waals surface area contributed by atoms with E-state index >= 15 is 0 Å². The number of rotatable bonds is 8. The first-order chi connectivity index (χ1) is 12.2. The maximum Gasteiger partial charge on any atom is 0.160 e. The van der Waals surface area contributed by atoms with Gasteiger partial charge in [0, 0.05) is 18.8 Å². The molecule has 0 aliphatic carbocycles. The van der Waals surface area contributed by atoms with Crippen LogP contribution in [0.25, 0.3) is 0 Å². The second-order valence-electron chi connectivity index (χ2n) is 5.48. The lowest BCUT2D eigenvalue weighted by molar-refractivity contribution is 0.413. The van der Waals surface area contributed by atoms with Crippen LogP contribution in [0.1, 0.15) is 11.1 Å². The van der Waals surface area contributed by atoms with Crippen LogP contribution in [0.2, 0.25) is 0 Å².